The quantitative estimate of drug-likeness (QED) is 0.423. The molecular formula is C9H14OSi. The van der Waals surface area contributed by atoms with Crippen LogP contribution in [0.15, 0.2) is 34.6 Å². The Balaban J connectivity index is 3.01. The molecule has 0 spiro atoms. The minimum absolute atomic E-state index is 0.773. The molecule has 0 amide bonds. The van der Waals surface area contributed by atoms with Crippen LogP contribution < -0.4 is 0 Å². The van der Waals surface area contributed by atoms with Gasteiger partial charge in [0.2, 0.25) is 10.5 Å². The summed E-state index contributed by atoms with van der Waals surface area (Å²) >= 11 is 0. The van der Waals surface area contributed by atoms with E-state index in [1.165, 1.54) is 22.3 Å². The van der Waals surface area contributed by atoms with E-state index in [2.05, 4.69) is 26.8 Å². The van der Waals surface area contributed by atoms with Gasteiger partial charge in [-0.05, 0) is 43.6 Å². The van der Waals surface area contributed by atoms with Crippen molar-refractivity contribution in [2.75, 3.05) is 0 Å². The molecule has 0 unspecified atom stereocenters. The molecule has 0 aliphatic heterocycles. The smallest absolute Gasteiger partial charge is 0.203 e. The summed E-state index contributed by atoms with van der Waals surface area (Å²) in [6.45, 7) is 6.41. The van der Waals surface area contributed by atoms with Crippen LogP contribution in [0.2, 0.25) is 0 Å². The van der Waals surface area contributed by atoms with Gasteiger partial charge in [-0.25, -0.2) is 0 Å². The lowest BCUT2D eigenvalue weighted by atomic mass is 10.1. The molecule has 60 valence electrons. The zero-order chi connectivity index (χ0) is 8.43. The third-order valence-electron chi connectivity index (χ3n) is 2.20. The van der Waals surface area contributed by atoms with Crippen molar-refractivity contribution in [2.24, 2.45) is 0 Å². The number of hydrogen-bond donors (Lipinski definition) is 0. The van der Waals surface area contributed by atoms with E-state index in [4.69, 9.17) is 4.43 Å². The molecule has 1 aliphatic carbocycles. The Morgan fingerprint density at radius 1 is 1.27 bits per heavy atom. The molecule has 0 atom stereocenters. The fraction of sp³-hybridized carbons (Fsp3) is 0.333. The Morgan fingerprint density at radius 3 is 2.27 bits per heavy atom. The highest BCUT2D eigenvalue weighted by Crippen LogP contribution is 2.29. The molecule has 0 saturated carbocycles. The molecule has 0 heterocycles. The average molecular weight is 166 g/mol. The van der Waals surface area contributed by atoms with Crippen LogP contribution in [-0.2, 0) is 4.43 Å². The summed E-state index contributed by atoms with van der Waals surface area (Å²) in [6.07, 6.45) is 4.02. The molecule has 2 heteroatoms. The molecule has 1 rings (SSSR count). The van der Waals surface area contributed by atoms with Crippen molar-refractivity contribution in [3.8, 4) is 0 Å². The lowest BCUT2D eigenvalue weighted by Crippen LogP contribution is -1.80. The van der Waals surface area contributed by atoms with Crippen molar-refractivity contribution in [2.45, 2.75) is 20.8 Å². The normalized spacial score (nSPS) is 21.4. The second kappa shape index (κ2) is 3.09. The number of allylic oxidation sites excluding steroid dienone is 5. The van der Waals surface area contributed by atoms with Crippen molar-refractivity contribution in [1.82, 2.24) is 0 Å². The maximum absolute atomic E-state index is 5.09. The Morgan fingerprint density at radius 2 is 1.91 bits per heavy atom. The van der Waals surface area contributed by atoms with E-state index in [1.807, 2.05) is 6.26 Å². The fourth-order valence-electron chi connectivity index (χ4n) is 1.21. The Kier molecular flexibility index (Phi) is 2.34. The largest absolute Gasteiger partial charge is 0.558 e. The Bertz CT molecular complexity index is 259. The maximum Gasteiger partial charge on any atom is 0.203 e. The van der Waals surface area contributed by atoms with Gasteiger partial charge in [0.05, 0.1) is 6.26 Å². The molecule has 0 aromatic rings. The molecule has 11 heavy (non-hydrogen) atoms. The van der Waals surface area contributed by atoms with Crippen LogP contribution in [0.5, 0.6) is 0 Å². The molecule has 1 aliphatic rings. The summed E-state index contributed by atoms with van der Waals surface area (Å²) < 4.78 is 5.09. The molecule has 0 saturated heterocycles. The minimum Gasteiger partial charge on any atom is -0.558 e. The summed E-state index contributed by atoms with van der Waals surface area (Å²) in [7, 11) is 0.773. The molecule has 0 fully saturated rings. The summed E-state index contributed by atoms with van der Waals surface area (Å²) in [6, 6.07) is 0. The van der Waals surface area contributed by atoms with Crippen LogP contribution in [0.1, 0.15) is 20.8 Å². The van der Waals surface area contributed by atoms with Crippen LogP contribution in [0.3, 0.4) is 0 Å². The second-order valence-corrected chi connectivity index (χ2v) is 3.36. The first kappa shape index (κ1) is 8.33. The van der Waals surface area contributed by atoms with E-state index in [1.54, 1.807) is 0 Å². The number of hydrogen-bond acceptors (Lipinski definition) is 1. The SMILES string of the molecule is CC1=CC(=CO[SiH3])C(C)=C1C. The van der Waals surface area contributed by atoms with Crippen LogP contribution in [0, 0.1) is 0 Å². The van der Waals surface area contributed by atoms with Crippen molar-refractivity contribution >= 4 is 10.5 Å². The molecule has 0 radical (unpaired) electrons. The standard InChI is InChI=1S/C9H14OSi/c1-6-4-9(5-10-11)8(3)7(6)2/h4-5H,1-3,11H3. The Hall–Kier alpha value is -0.763. The zero-order valence-corrected chi connectivity index (χ0v) is 9.56. The highest BCUT2D eigenvalue weighted by atomic mass is 28.2. The van der Waals surface area contributed by atoms with Crippen LogP contribution in [0.25, 0.3) is 0 Å². The zero-order valence-electron chi connectivity index (χ0n) is 7.56. The van der Waals surface area contributed by atoms with Gasteiger partial charge in [0, 0.05) is 5.57 Å². The van der Waals surface area contributed by atoms with Crippen LogP contribution >= 0.6 is 0 Å². The summed E-state index contributed by atoms with van der Waals surface area (Å²) in [4.78, 5) is 0. The van der Waals surface area contributed by atoms with E-state index < -0.39 is 0 Å². The highest BCUT2D eigenvalue weighted by molar-refractivity contribution is 5.98. The molecule has 0 aromatic carbocycles. The summed E-state index contributed by atoms with van der Waals surface area (Å²) in [5, 5.41) is 0. The average Bonchev–Trinajstić information content (AvgIpc) is 2.19. The lowest BCUT2D eigenvalue weighted by Gasteiger charge is -1.98. The van der Waals surface area contributed by atoms with Gasteiger partial charge in [0.15, 0.2) is 0 Å². The van der Waals surface area contributed by atoms with Crippen molar-refractivity contribution in [3.05, 3.63) is 34.6 Å². The molecule has 0 N–H and O–H groups in total. The van der Waals surface area contributed by atoms with Crippen LogP contribution in [-0.4, -0.2) is 10.5 Å². The van der Waals surface area contributed by atoms with Gasteiger partial charge >= 0.3 is 0 Å². The van der Waals surface area contributed by atoms with Gasteiger partial charge in [-0.15, -0.1) is 0 Å². The molecule has 0 bridgehead atoms. The summed E-state index contributed by atoms with van der Waals surface area (Å²) in [5.41, 5.74) is 5.32. The van der Waals surface area contributed by atoms with E-state index in [0.29, 0.717) is 0 Å². The van der Waals surface area contributed by atoms with E-state index in [9.17, 15) is 0 Å². The van der Waals surface area contributed by atoms with Gasteiger partial charge < -0.3 is 4.43 Å². The summed E-state index contributed by atoms with van der Waals surface area (Å²) in [5.74, 6) is 0. The predicted octanol–water partition coefficient (Wildman–Crippen LogP) is 1.46. The topological polar surface area (TPSA) is 9.23 Å². The highest BCUT2D eigenvalue weighted by Gasteiger charge is 2.10. The molecule has 1 nitrogen and oxygen atoms in total. The third-order valence-corrected chi connectivity index (χ3v) is 2.44. The maximum atomic E-state index is 5.09. The van der Waals surface area contributed by atoms with Crippen molar-refractivity contribution in [3.63, 3.8) is 0 Å². The molecule has 0 aromatic heterocycles. The van der Waals surface area contributed by atoms with Gasteiger partial charge in [0.25, 0.3) is 0 Å². The minimum atomic E-state index is 0.773. The van der Waals surface area contributed by atoms with Gasteiger partial charge in [-0.3, -0.25) is 0 Å². The lowest BCUT2D eigenvalue weighted by molar-refractivity contribution is 0.531. The first-order valence-corrected chi connectivity index (χ1v) is 4.58. The van der Waals surface area contributed by atoms with Crippen molar-refractivity contribution < 1.29 is 4.43 Å². The Labute approximate surface area is 71.0 Å². The third kappa shape index (κ3) is 1.45. The second-order valence-electron chi connectivity index (χ2n) is 2.89. The van der Waals surface area contributed by atoms with Crippen molar-refractivity contribution in [1.29, 1.82) is 0 Å². The predicted molar refractivity (Wildman–Crippen MR) is 51.2 cm³/mol. The van der Waals surface area contributed by atoms with E-state index in [0.717, 1.165) is 10.5 Å². The monoisotopic (exact) mass is 166 g/mol. The molecular weight excluding hydrogens is 152 g/mol. The van der Waals surface area contributed by atoms with Gasteiger partial charge in [0.1, 0.15) is 0 Å². The van der Waals surface area contributed by atoms with E-state index >= 15 is 0 Å². The fourth-order valence-corrected chi connectivity index (χ4v) is 1.47. The van der Waals surface area contributed by atoms with E-state index in [-0.39, 0.29) is 0 Å². The van der Waals surface area contributed by atoms with Crippen LogP contribution in [0.4, 0.5) is 0 Å². The number of rotatable bonds is 1. The first-order valence-electron chi connectivity index (χ1n) is 3.76. The van der Waals surface area contributed by atoms with Gasteiger partial charge in [-0.2, -0.15) is 0 Å². The first-order chi connectivity index (χ1) is 5.16. The van der Waals surface area contributed by atoms with Gasteiger partial charge in [-0.1, -0.05) is 0 Å².